The van der Waals surface area contributed by atoms with Crippen LogP contribution in [0.2, 0.25) is 0 Å². The van der Waals surface area contributed by atoms with E-state index in [1.807, 2.05) is 20.8 Å². The molecular weight excluding hydrogens is 230 g/mol. The van der Waals surface area contributed by atoms with Gasteiger partial charge in [0, 0.05) is 24.9 Å². The minimum atomic E-state index is -0.446. The molecule has 1 amide bonds. The number of hydrogen-bond acceptors (Lipinski definition) is 3. The summed E-state index contributed by atoms with van der Waals surface area (Å²) in [6.45, 7) is 14.7. The van der Waals surface area contributed by atoms with Crippen LogP contribution in [0.1, 0.15) is 34.6 Å². The molecular formula is C14H25NO3. The van der Waals surface area contributed by atoms with Crippen molar-refractivity contribution >= 4 is 6.09 Å². The van der Waals surface area contributed by atoms with Crippen LogP contribution < -0.4 is 0 Å². The smallest absolute Gasteiger partial charge is 0.410 e. The zero-order valence-electron chi connectivity index (χ0n) is 12.1. The van der Waals surface area contributed by atoms with E-state index in [9.17, 15) is 4.79 Å². The molecule has 1 saturated heterocycles. The van der Waals surface area contributed by atoms with Crippen molar-refractivity contribution in [3.8, 4) is 0 Å². The number of rotatable bonds is 2. The van der Waals surface area contributed by atoms with Crippen LogP contribution in [-0.2, 0) is 9.47 Å². The summed E-state index contributed by atoms with van der Waals surface area (Å²) in [5.41, 5.74) is -0.446. The summed E-state index contributed by atoms with van der Waals surface area (Å²) in [6.07, 6.45) is 1.38. The van der Waals surface area contributed by atoms with Crippen molar-refractivity contribution in [1.29, 1.82) is 0 Å². The van der Waals surface area contributed by atoms with Gasteiger partial charge in [-0.15, -0.1) is 0 Å². The quantitative estimate of drug-likeness (QED) is 0.712. The molecule has 0 aromatic rings. The van der Waals surface area contributed by atoms with Gasteiger partial charge in [-0.3, -0.25) is 0 Å². The third-order valence-corrected chi connectivity index (χ3v) is 3.04. The van der Waals surface area contributed by atoms with Crippen molar-refractivity contribution in [3.05, 3.63) is 12.8 Å². The van der Waals surface area contributed by atoms with E-state index in [1.165, 1.54) is 6.26 Å². The van der Waals surface area contributed by atoms with Gasteiger partial charge in [-0.2, -0.15) is 0 Å². The molecule has 3 atom stereocenters. The van der Waals surface area contributed by atoms with Gasteiger partial charge in [-0.05, 0) is 20.8 Å². The van der Waals surface area contributed by atoms with E-state index in [-0.39, 0.29) is 24.0 Å². The molecule has 1 aliphatic rings. The van der Waals surface area contributed by atoms with Crippen LogP contribution in [-0.4, -0.2) is 35.8 Å². The highest BCUT2D eigenvalue weighted by atomic mass is 16.6. The normalized spacial score (nSPS) is 28.7. The zero-order chi connectivity index (χ0) is 13.9. The second-order valence-corrected chi connectivity index (χ2v) is 6.11. The highest BCUT2D eigenvalue weighted by Gasteiger charge is 2.36. The average molecular weight is 255 g/mol. The van der Waals surface area contributed by atoms with Gasteiger partial charge in [0.05, 0.1) is 6.26 Å². The zero-order valence-corrected chi connectivity index (χ0v) is 12.1. The molecule has 1 aliphatic heterocycles. The van der Waals surface area contributed by atoms with Crippen LogP contribution in [0.4, 0.5) is 4.79 Å². The Balaban J connectivity index is 2.62. The molecule has 0 saturated carbocycles. The van der Waals surface area contributed by atoms with Gasteiger partial charge in [0.15, 0.2) is 0 Å². The summed E-state index contributed by atoms with van der Waals surface area (Å²) < 4.78 is 10.9. The van der Waals surface area contributed by atoms with E-state index in [2.05, 4.69) is 20.4 Å². The largest absolute Gasteiger partial charge is 0.498 e. The van der Waals surface area contributed by atoms with Gasteiger partial charge < -0.3 is 14.4 Å². The summed E-state index contributed by atoms with van der Waals surface area (Å²) in [5, 5.41) is 0. The molecule has 1 heterocycles. The SMILES string of the molecule is C=COC1[C@H](C)CN(C(=O)OC(C)(C)C)C[C@@H]1C. The standard InChI is InChI=1S/C14H25NO3/c1-7-17-12-10(2)8-15(9-11(12)3)13(16)18-14(4,5)6/h7,10-12H,1,8-9H2,2-6H3/t10-,11+,12?. The van der Waals surface area contributed by atoms with Gasteiger partial charge in [0.2, 0.25) is 0 Å². The van der Waals surface area contributed by atoms with Crippen LogP contribution in [0.3, 0.4) is 0 Å². The molecule has 0 spiro atoms. The molecule has 1 fully saturated rings. The molecule has 0 aromatic heterocycles. The predicted octanol–water partition coefficient (Wildman–Crippen LogP) is 3.04. The molecule has 4 nitrogen and oxygen atoms in total. The highest BCUT2D eigenvalue weighted by Crippen LogP contribution is 2.26. The summed E-state index contributed by atoms with van der Waals surface area (Å²) in [5.74, 6) is 0.554. The highest BCUT2D eigenvalue weighted by molar-refractivity contribution is 5.68. The Bertz CT molecular complexity index is 297. The van der Waals surface area contributed by atoms with Crippen LogP contribution in [0.15, 0.2) is 12.8 Å². The molecule has 0 aromatic carbocycles. The molecule has 0 bridgehead atoms. The minimum Gasteiger partial charge on any atom is -0.498 e. The lowest BCUT2D eigenvalue weighted by molar-refractivity contribution is -0.0327. The van der Waals surface area contributed by atoms with Crippen LogP contribution >= 0.6 is 0 Å². The lowest BCUT2D eigenvalue weighted by atomic mass is 9.88. The van der Waals surface area contributed by atoms with E-state index < -0.39 is 5.60 Å². The third-order valence-electron chi connectivity index (χ3n) is 3.04. The van der Waals surface area contributed by atoms with E-state index in [0.29, 0.717) is 13.1 Å². The average Bonchev–Trinajstić information content (AvgIpc) is 2.20. The maximum absolute atomic E-state index is 12.0. The topological polar surface area (TPSA) is 38.8 Å². The van der Waals surface area contributed by atoms with Gasteiger partial charge in [0.1, 0.15) is 11.7 Å². The second kappa shape index (κ2) is 5.63. The number of piperidine rings is 1. The first-order chi connectivity index (χ1) is 8.24. The van der Waals surface area contributed by atoms with E-state index in [0.717, 1.165) is 0 Å². The Hall–Kier alpha value is -1.19. The fraction of sp³-hybridized carbons (Fsp3) is 0.786. The maximum Gasteiger partial charge on any atom is 0.410 e. The van der Waals surface area contributed by atoms with Gasteiger partial charge in [-0.1, -0.05) is 20.4 Å². The Morgan fingerprint density at radius 3 is 2.17 bits per heavy atom. The van der Waals surface area contributed by atoms with Gasteiger partial charge >= 0.3 is 6.09 Å². The number of ether oxygens (including phenoxy) is 2. The van der Waals surface area contributed by atoms with Crippen molar-refractivity contribution in [3.63, 3.8) is 0 Å². The minimum absolute atomic E-state index is 0.126. The van der Waals surface area contributed by atoms with Crippen molar-refractivity contribution < 1.29 is 14.3 Å². The summed E-state index contributed by atoms with van der Waals surface area (Å²) in [4.78, 5) is 13.8. The first-order valence-corrected chi connectivity index (χ1v) is 6.49. The first kappa shape index (κ1) is 14.9. The molecule has 18 heavy (non-hydrogen) atoms. The number of amides is 1. The summed E-state index contributed by atoms with van der Waals surface area (Å²) in [7, 11) is 0. The fourth-order valence-corrected chi connectivity index (χ4v) is 2.39. The lowest BCUT2D eigenvalue weighted by Gasteiger charge is -2.40. The van der Waals surface area contributed by atoms with E-state index in [1.54, 1.807) is 4.90 Å². The summed E-state index contributed by atoms with van der Waals surface area (Å²) in [6, 6.07) is 0. The van der Waals surface area contributed by atoms with Crippen molar-refractivity contribution in [2.75, 3.05) is 13.1 Å². The van der Waals surface area contributed by atoms with Crippen molar-refractivity contribution in [2.45, 2.75) is 46.3 Å². The lowest BCUT2D eigenvalue weighted by Crippen LogP contribution is -2.51. The molecule has 1 rings (SSSR count). The van der Waals surface area contributed by atoms with E-state index >= 15 is 0 Å². The Morgan fingerprint density at radius 2 is 1.78 bits per heavy atom. The molecule has 0 aliphatic carbocycles. The molecule has 4 heteroatoms. The summed E-state index contributed by atoms with van der Waals surface area (Å²) >= 11 is 0. The maximum atomic E-state index is 12.0. The van der Waals surface area contributed by atoms with Crippen molar-refractivity contribution in [1.82, 2.24) is 4.90 Å². The Kier molecular flexibility index (Phi) is 4.65. The van der Waals surface area contributed by atoms with Gasteiger partial charge in [0.25, 0.3) is 0 Å². The number of hydrogen-bond donors (Lipinski definition) is 0. The molecule has 0 radical (unpaired) electrons. The molecule has 1 unspecified atom stereocenters. The van der Waals surface area contributed by atoms with Crippen LogP contribution in [0.5, 0.6) is 0 Å². The van der Waals surface area contributed by atoms with Crippen LogP contribution in [0.25, 0.3) is 0 Å². The third kappa shape index (κ3) is 3.93. The fourth-order valence-electron chi connectivity index (χ4n) is 2.39. The molecule has 104 valence electrons. The first-order valence-electron chi connectivity index (χ1n) is 6.49. The van der Waals surface area contributed by atoms with E-state index in [4.69, 9.17) is 9.47 Å². The van der Waals surface area contributed by atoms with Gasteiger partial charge in [-0.25, -0.2) is 4.79 Å². The number of carbonyl (C=O) groups is 1. The van der Waals surface area contributed by atoms with Crippen LogP contribution in [0, 0.1) is 11.8 Å². The number of likely N-dealkylation sites (tertiary alicyclic amines) is 1. The number of nitrogens with zero attached hydrogens (tertiary/aromatic N) is 1. The Labute approximate surface area is 110 Å². The van der Waals surface area contributed by atoms with Crippen molar-refractivity contribution in [2.24, 2.45) is 11.8 Å². The molecule has 0 N–H and O–H groups in total. The number of carbonyl (C=O) groups excluding carboxylic acids is 1. The second-order valence-electron chi connectivity index (χ2n) is 6.11. The monoisotopic (exact) mass is 255 g/mol. The predicted molar refractivity (Wildman–Crippen MR) is 71.2 cm³/mol. The Morgan fingerprint density at radius 1 is 1.28 bits per heavy atom.